The Morgan fingerprint density at radius 3 is 2.70 bits per heavy atom. The van der Waals surface area contributed by atoms with E-state index in [9.17, 15) is 0 Å². The zero-order chi connectivity index (χ0) is 14.7. The smallest absolute Gasteiger partial charge is 0.131 e. The molecule has 108 valence electrons. The van der Waals surface area contributed by atoms with Gasteiger partial charge in [0.15, 0.2) is 0 Å². The minimum absolute atomic E-state index is 0.386. The van der Waals surface area contributed by atoms with Crippen LogP contribution in [-0.4, -0.2) is 9.78 Å². The van der Waals surface area contributed by atoms with E-state index in [2.05, 4.69) is 5.10 Å². The molecule has 1 aromatic carbocycles. The van der Waals surface area contributed by atoms with Crippen molar-refractivity contribution in [3.8, 4) is 5.75 Å². The molecule has 0 saturated carbocycles. The number of nitrogens with zero attached hydrogens (tertiary/aromatic N) is 2. The van der Waals surface area contributed by atoms with E-state index < -0.39 is 0 Å². The van der Waals surface area contributed by atoms with E-state index in [1.807, 2.05) is 39.1 Å². The molecule has 2 rings (SSSR count). The Bertz CT molecular complexity index is 608. The lowest BCUT2D eigenvalue weighted by Crippen LogP contribution is -2.05. The molecule has 0 unspecified atom stereocenters. The highest BCUT2D eigenvalue weighted by Gasteiger charge is 2.14. The largest absolute Gasteiger partial charge is 0.487 e. The highest BCUT2D eigenvalue weighted by Crippen LogP contribution is 2.28. The van der Waals surface area contributed by atoms with Crippen molar-refractivity contribution in [2.45, 2.75) is 32.8 Å². The molecule has 0 spiro atoms. The summed E-state index contributed by atoms with van der Waals surface area (Å²) < 4.78 is 7.71. The lowest BCUT2D eigenvalue weighted by molar-refractivity contribution is 0.290. The van der Waals surface area contributed by atoms with Gasteiger partial charge in [-0.25, -0.2) is 0 Å². The molecule has 0 amide bonds. The molecular formula is C15H18Cl2N2O. The van der Waals surface area contributed by atoms with Crippen LogP contribution < -0.4 is 4.74 Å². The first-order chi connectivity index (χ1) is 9.58. The SMILES string of the molecule is CCc1nn(C)c(COc2c(C)cccc2CCl)c1Cl. The molecule has 1 aromatic heterocycles. The molecule has 0 saturated heterocycles. The minimum Gasteiger partial charge on any atom is -0.487 e. The Hall–Kier alpha value is -1.19. The number of ether oxygens (including phenoxy) is 1. The summed E-state index contributed by atoms with van der Waals surface area (Å²) in [7, 11) is 1.88. The van der Waals surface area contributed by atoms with Crippen molar-refractivity contribution in [1.29, 1.82) is 0 Å². The summed E-state index contributed by atoms with van der Waals surface area (Å²) in [5, 5.41) is 5.08. The number of halogens is 2. The van der Waals surface area contributed by atoms with Gasteiger partial charge in [-0.2, -0.15) is 5.10 Å². The second-order valence-electron chi connectivity index (χ2n) is 4.67. The zero-order valence-electron chi connectivity index (χ0n) is 11.9. The average molecular weight is 313 g/mol. The Morgan fingerprint density at radius 1 is 1.35 bits per heavy atom. The third kappa shape index (κ3) is 2.94. The van der Waals surface area contributed by atoms with E-state index in [0.29, 0.717) is 17.5 Å². The third-order valence-corrected chi connectivity index (χ3v) is 4.02. The fraction of sp³-hybridized carbons (Fsp3) is 0.400. The molecule has 2 aromatic rings. The van der Waals surface area contributed by atoms with Crippen LogP contribution in [0.2, 0.25) is 5.02 Å². The Morgan fingerprint density at radius 2 is 2.10 bits per heavy atom. The number of rotatable bonds is 5. The lowest BCUT2D eigenvalue weighted by atomic mass is 10.1. The molecule has 0 radical (unpaired) electrons. The highest BCUT2D eigenvalue weighted by atomic mass is 35.5. The number of hydrogen-bond donors (Lipinski definition) is 0. The van der Waals surface area contributed by atoms with E-state index in [0.717, 1.165) is 34.7 Å². The maximum Gasteiger partial charge on any atom is 0.131 e. The van der Waals surface area contributed by atoms with Crippen LogP contribution in [0.3, 0.4) is 0 Å². The quantitative estimate of drug-likeness (QED) is 0.771. The van der Waals surface area contributed by atoms with Crippen molar-refractivity contribution >= 4 is 23.2 Å². The van der Waals surface area contributed by atoms with Gasteiger partial charge in [-0.1, -0.05) is 36.7 Å². The molecule has 3 nitrogen and oxygen atoms in total. The molecule has 0 aliphatic heterocycles. The van der Waals surface area contributed by atoms with Crippen LogP contribution in [0, 0.1) is 6.92 Å². The van der Waals surface area contributed by atoms with Crippen molar-refractivity contribution < 1.29 is 4.74 Å². The molecule has 0 bridgehead atoms. The normalized spacial score (nSPS) is 10.8. The first-order valence-electron chi connectivity index (χ1n) is 6.56. The summed E-state index contributed by atoms with van der Waals surface area (Å²) in [5.74, 6) is 1.26. The number of para-hydroxylation sites is 1. The summed E-state index contributed by atoms with van der Waals surface area (Å²) in [5.41, 5.74) is 3.83. The van der Waals surface area contributed by atoms with Gasteiger partial charge in [0.25, 0.3) is 0 Å². The lowest BCUT2D eigenvalue weighted by Gasteiger charge is -2.13. The van der Waals surface area contributed by atoms with Gasteiger partial charge < -0.3 is 4.74 Å². The standard InChI is InChI=1S/C15H18Cl2N2O/c1-4-12-14(17)13(19(3)18-12)9-20-15-10(2)6-5-7-11(15)8-16/h5-7H,4,8-9H2,1-3H3. The summed E-state index contributed by atoms with van der Waals surface area (Å²) >= 11 is 12.3. The summed E-state index contributed by atoms with van der Waals surface area (Å²) in [4.78, 5) is 0. The van der Waals surface area contributed by atoms with Crippen LogP contribution in [0.15, 0.2) is 18.2 Å². The minimum atomic E-state index is 0.386. The maximum atomic E-state index is 6.32. The van der Waals surface area contributed by atoms with E-state index in [-0.39, 0.29) is 0 Å². The third-order valence-electron chi connectivity index (χ3n) is 3.29. The zero-order valence-corrected chi connectivity index (χ0v) is 13.4. The first-order valence-corrected chi connectivity index (χ1v) is 7.47. The van der Waals surface area contributed by atoms with Crippen molar-refractivity contribution in [1.82, 2.24) is 9.78 Å². The van der Waals surface area contributed by atoms with E-state index in [1.54, 1.807) is 4.68 Å². The maximum absolute atomic E-state index is 6.32. The van der Waals surface area contributed by atoms with Gasteiger partial charge in [-0.3, -0.25) is 4.68 Å². The second kappa shape index (κ2) is 6.51. The number of aryl methyl sites for hydroxylation is 3. The van der Waals surface area contributed by atoms with Crippen molar-refractivity contribution in [3.63, 3.8) is 0 Å². The predicted molar refractivity (Wildman–Crippen MR) is 82.7 cm³/mol. The Labute approximate surface area is 129 Å². The molecule has 0 atom stereocenters. The molecular weight excluding hydrogens is 295 g/mol. The van der Waals surface area contributed by atoms with E-state index >= 15 is 0 Å². The molecule has 0 aliphatic rings. The molecule has 20 heavy (non-hydrogen) atoms. The van der Waals surface area contributed by atoms with Gasteiger partial charge in [0.1, 0.15) is 12.4 Å². The second-order valence-corrected chi connectivity index (χ2v) is 5.32. The highest BCUT2D eigenvalue weighted by molar-refractivity contribution is 6.31. The van der Waals surface area contributed by atoms with Gasteiger partial charge >= 0.3 is 0 Å². The fourth-order valence-corrected chi connectivity index (χ4v) is 2.70. The predicted octanol–water partition coefficient (Wildman–Crippen LogP) is 4.26. The monoisotopic (exact) mass is 312 g/mol. The number of aromatic nitrogens is 2. The van der Waals surface area contributed by atoms with E-state index in [1.165, 1.54) is 0 Å². The average Bonchev–Trinajstić information content (AvgIpc) is 2.72. The fourth-order valence-electron chi connectivity index (χ4n) is 2.14. The molecule has 0 fully saturated rings. The summed E-state index contributed by atoms with van der Waals surface area (Å²) in [6, 6.07) is 5.96. The summed E-state index contributed by atoms with van der Waals surface area (Å²) in [6.45, 7) is 4.43. The topological polar surface area (TPSA) is 27.1 Å². The van der Waals surface area contributed by atoms with Gasteiger partial charge in [0.05, 0.1) is 22.3 Å². The number of hydrogen-bond acceptors (Lipinski definition) is 2. The number of alkyl halides is 1. The van der Waals surface area contributed by atoms with E-state index in [4.69, 9.17) is 27.9 Å². The van der Waals surface area contributed by atoms with Crippen molar-refractivity contribution in [3.05, 3.63) is 45.7 Å². The van der Waals surface area contributed by atoms with Gasteiger partial charge in [-0.05, 0) is 18.9 Å². The first kappa shape index (κ1) is 15.2. The van der Waals surface area contributed by atoms with Crippen LogP contribution in [0.1, 0.15) is 29.4 Å². The van der Waals surface area contributed by atoms with Gasteiger partial charge in [-0.15, -0.1) is 11.6 Å². The van der Waals surface area contributed by atoms with Gasteiger partial charge in [0, 0.05) is 12.6 Å². The molecule has 0 N–H and O–H groups in total. The van der Waals surface area contributed by atoms with Crippen LogP contribution in [0.5, 0.6) is 5.75 Å². The van der Waals surface area contributed by atoms with Crippen LogP contribution >= 0.6 is 23.2 Å². The molecule has 0 aliphatic carbocycles. The van der Waals surface area contributed by atoms with Crippen molar-refractivity contribution in [2.24, 2.45) is 7.05 Å². The number of benzene rings is 1. The van der Waals surface area contributed by atoms with Gasteiger partial charge in [0.2, 0.25) is 0 Å². The molecule has 1 heterocycles. The summed E-state index contributed by atoms with van der Waals surface area (Å²) in [6.07, 6.45) is 0.809. The Kier molecular flexibility index (Phi) is 4.95. The van der Waals surface area contributed by atoms with Crippen molar-refractivity contribution in [2.75, 3.05) is 0 Å². The molecule has 5 heteroatoms. The Balaban J connectivity index is 2.23. The van der Waals surface area contributed by atoms with Crippen LogP contribution in [-0.2, 0) is 26.0 Å². The van der Waals surface area contributed by atoms with Crippen LogP contribution in [0.25, 0.3) is 0 Å². The van der Waals surface area contributed by atoms with Crippen LogP contribution in [0.4, 0.5) is 0 Å².